The molecule has 2 amide bonds. The normalized spacial score (nSPS) is 11.5. The monoisotopic (exact) mass is 393 g/mol. The minimum atomic E-state index is -0.188. The molecule has 0 aliphatic heterocycles. The second-order valence-corrected chi connectivity index (χ2v) is 7.61. The molecule has 5 nitrogen and oxygen atoms in total. The highest BCUT2D eigenvalue weighted by Gasteiger charge is 2.18. The van der Waals surface area contributed by atoms with Crippen LogP contribution in [0, 0.1) is 0 Å². The fourth-order valence-electron chi connectivity index (χ4n) is 2.89. The van der Waals surface area contributed by atoms with E-state index in [0.29, 0.717) is 16.1 Å². The van der Waals surface area contributed by atoms with E-state index >= 15 is 0 Å². The average Bonchev–Trinajstić information content (AvgIpc) is 3.23. The Morgan fingerprint density at radius 3 is 2.36 bits per heavy atom. The summed E-state index contributed by atoms with van der Waals surface area (Å²) in [5.74, 6) is -0.371. The summed E-state index contributed by atoms with van der Waals surface area (Å²) in [5, 5.41) is 7.76. The molecular weight excluding hydrogens is 370 g/mol. The largest absolute Gasteiger partial charge is 0.377 e. The number of anilines is 2. The molecule has 0 spiro atoms. The Bertz CT molecular complexity index is 953. The first kappa shape index (κ1) is 19.6. The number of rotatable bonds is 6. The lowest BCUT2D eigenvalue weighted by molar-refractivity contribution is 0.0939. The van der Waals surface area contributed by atoms with Crippen LogP contribution in [0.5, 0.6) is 0 Å². The van der Waals surface area contributed by atoms with Crippen LogP contribution in [0.25, 0.3) is 0 Å². The van der Waals surface area contributed by atoms with Crippen molar-refractivity contribution in [3.8, 4) is 0 Å². The zero-order valence-corrected chi connectivity index (χ0v) is 16.9. The highest BCUT2D eigenvalue weighted by atomic mass is 32.1. The van der Waals surface area contributed by atoms with E-state index in [1.807, 2.05) is 73.8 Å². The van der Waals surface area contributed by atoms with Gasteiger partial charge in [-0.15, -0.1) is 11.3 Å². The Kier molecular flexibility index (Phi) is 6.11. The van der Waals surface area contributed by atoms with Crippen molar-refractivity contribution in [2.45, 2.75) is 13.0 Å². The number of hydrogen-bond donors (Lipinski definition) is 2. The molecule has 144 valence electrons. The van der Waals surface area contributed by atoms with Gasteiger partial charge in [0.05, 0.1) is 16.5 Å². The molecule has 0 saturated carbocycles. The third-order valence-corrected chi connectivity index (χ3v) is 5.24. The van der Waals surface area contributed by atoms with Gasteiger partial charge in [0.25, 0.3) is 11.8 Å². The molecule has 1 unspecified atom stereocenters. The van der Waals surface area contributed by atoms with Gasteiger partial charge in [0.2, 0.25) is 0 Å². The van der Waals surface area contributed by atoms with E-state index in [9.17, 15) is 9.59 Å². The van der Waals surface area contributed by atoms with Gasteiger partial charge in [0, 0.05) is 25.5 Å². The summed E-state index contributed by atoms with van der Waals surface area (Å²) in [6.07, 6.45) is 0. The molecule has 6 heteroatoms. The van der Waals surface area contributed by atoms with Crippen LogP contribution in [-0.2, 0) is 0 Å². The maximum atomic E-state index is 13.0. The molecule has 28 heavy (non-hydrogen) atoms. The summed E-state index contributed by atoms with van der Waals surface area (Å²) in [4.78, 5) is 27.8. The Morgan fingerprint density at radius 2 is 1.71 bits per heavy atom. The smallest absolute Gasteiger partial charge is 0.265 e. The van der Waals surface area contributed by atoms with Crippen LogP contribution in [-0.4, -0.2) is 25.9 Å². The molecule has 1 heterocycles. The van der Waals surface area contributed by atoms with Crippen molar-refractivity contribution in [2.24, 2.45) is 0 Å². The van der Waals surface area contributed by atoms with Crippen molar-refractivity contribution in [1.29, 1.82) is 0 Å². The summed E-state index contributed by atoms with van der Waals surface area (Å²) < 4.78 is 0. The number of benzene rings is 2. The van der Waals surface area contributed by atoms with Crippen LogP contribution in [0.15, 0.2) is 66.0 Å². The second-order valence-electron chi connectivity index (χ2n) is 6.66. The fourth-order valence-corrected chi connectivity index (χ4v) is 3.50. The van der Waals surface area contributed by atoms with E-state index in [1.165, 1.54) is 11.3 Å². The lowest BCUT2D eigenvalue weighted by atomic mass is 10.1. The number of thiophene rings is 1. The standard InChI is InChI=1S/C22H23N3O2S/c1-15(16-8-5-4-6-9-16)23-21(26)18-14-17(11-12-19(18)25(2)3)24-22(27)20-10-7-13-28-20/h4-15H,1-3H3,(H,23,26)(H,24,27). The van der Waals surface area contributed by atoms with E-state index in [2.05, 4.69) is 10.6 Å². The Labute approximate surface area is 169 Å². The van der Waals surface area contributed by atoms with E-state index in [4.69, 9.17) is 0 Å². The molecule has 0 aliphatic carbocycles. The van der Waals surface area contributed by atoms with Gasteiger partial charge in [-0.2, -0.15) is 0 Å². The number of carbonyl (C=O) groups is 2. The van der Waals surface area contributed by atoms with Gasteiger partial charge in [-0.3, -0.25) is 9.59 Å². The van der Waals surface area contributed by atoms with E-state index in [0.717, 1.165) is 11.3 Å². The summed E-state index contributed by atoms with van der Waals surface area (Å²) in [6.45, 7) is 1.95. The Morgan fingerprint density at radius 1 is 0.964 bits per heavy atom. The van der Waals surface area contributed by atoms with E-state index < -0.39 is 0 Å². The molecule has 3 aromatic rings. The average molecular weight is 394 g/mol. The van der Waals surface area contributed by atoms with Gasteiger partial charge in [-0.05, 0) is 42.1 Å². The van der Waals surface area contributed by atoms with E-state index in [-0.39, 0.29) is 17.9 Å². The van der Waals surface area contributed by atoms with Gasteiger partial charge < -0.3 is 15.5 Å². The van der Waals surface area contributed by atoms with Crippen molar-refractivity contribution in [2.75, 3.05) is 24.3 Å². The molecular formula is C22H23N3O2S. The van der Waals surface area contributed by atoms with Crippen LogP contribution in [0.4, 0.5) is 11.4 Å². The van der Waals surface area contributed by atoms with Crippen molar-refractivity contribution in [3.63, 3.8) is 0 Å². The topological polar surface area (TPSA) is 61.4 Å². The molecule has 0 radical (unpaired) electrons. The lowest BCUT2D eigenvalue weighted by Gasteiger charge is -2.20. The van der Waals surface area contributed by atoms with Gasteiger partial charge in [0.1, 0.15) is 0 Å². The third-order valence-electron chi connectivity index (χ3n) is 4.37. The first-order chi connectivity index (χ1) is 13.5. The summed E-state index contributed by atoms with van der Waals surface area (Å²) in [7, 11) is 3.77. The van der Waals surface area contributed by atoms with Gasteiger partial charge >= 0.3 is 0 Å². The molecule has 0 aliphatic rings. The Hall–Kier alpha value is -3.12. The molecule has 0 saturated heterocycles. The number of amides is 2. The van der Waals surface area contributed by atoms with Crippen LogP contribution in [0.3, 0.4) is 0 Å². The number of carbonyl (C=O) groups excluding carboxylic acids is 2. The summed E-state index contributed by atoms with van der Waals surface area (Å²) in [6, 6.07) is 18.6. The van der Waals surface area contributed by atoms with E-state index in [1.54, 1.807) is 18.2 Å². The first-order valence-corrected chi connectivity index (χ1v) is 9.85. The zero-order chi connectivity index (χ0) is 20.1. The number of hydrogen-bond acceptors (Lipinski definition) is 4. The van der Waals surface area contributed by atoms with Crippen molar-refractivity contribution >= 4 is 34.5 Å². The van der Waals surface area contributed by atoms with Gasteiger partial charge in [-0.1, -0.05) is 36.4 Å². The predicted octanol–water partition coefficient (Wildman–Crippen LogP) is 4.56. The SMILES string of the molecule is CC(NC(=O)c1cc(NC(=O)c2cccs2)ccc1N(C)C)c1ccccc1. The van der Waals surface area contributed by atoms with Crippen molar-refractivity contribution < 1.29 is 9.59 Å². The Balaban J connectivity index is 1.83. The second kappa shape index (κ2) is 8.71. The third kappa shape index (κ3) is 4.58. The maximum absolute atomic E-state index is 13.0. The van der Waals surface area contributed by atoms with Crippen LogP contribution in [0.2, 0.25) is 0 Å². The van der Waals surface area contributed by atoms with Crippen LogP contribution in [0.1, 0.15) is 38.6 Å². The van der Waals surface area contributed by atoms with Crippen LogP contribution < -0.4 is 15.5 Å². The van der Waals surface area contributed by atoms with Crippen LogP contribution >= 0.6 is 11.3 Å². The van der Waals surface area contributed by atoms with Gasteiger partial charge in [-0.25, -0.2) is 0 Å². The van der Waals surface area contributed by atoms with Crippen molar-refractivity contribution in [1.82, 2.24) is 5.32 Å². The highest BCUT2D eigenvalue weighted by Crippen LogP contribution is 2.25. The van der Waals surface area contributed by atoms with Crippen molar-refractivity contribution in [3.05, 3.63) is 82.0 Å². The molecule has 2 N–H and O–H groups in total. The van der Waals surface area contributed by atoms with Gasteiger partial charge in [0.15, 0.2) is 0 Å². The first-order valence-electron chi connectivity index (χ1n) is 8.97. The molecule has 0 bridgehead atoms. The maximum Gasteiger partial charge on any atom is 0.265 e. The zero-order valence-electron chi connectivity index (χ0n) is 16.1. The number of nitrogens with zero attached hydrogens (tertiary/aromatic N) is 1. The lowest BCUT2D eigenvalue weighted by Crippen LogP contribution is -2.28. The fraction of sp³-hybridized carbons (Fsp3) is 0.182. The minimum Gasteiger partial charge on any atom is -0.377 e. The highest BCUT2D eigenvalue weighted by molar-refractivity contribution is 7.12. The molecule has 1 aromatic heterocycles. The number of nitrogens with one attached hydrogen (secondary N) is 2. The molecule has 3 rings (SSSR count). The molecule has 2 aromatic carbocycles. The predicted molar refractivity (Wildman–Crippen MR) is 115 cm³/mol. The summed E-state index contributed by atoms with van der Waals surface area (Å²) >= 11 is 1.38. The molecule has 0 fully saturated rings. The quantitative estimate of drug-likeness (QED) is 0.645. The minimum absolute atomic E-state index is 0.131. The molecule has 1 atom stereocenters. The summed E-state index contributed by atoms with van der Waals surface area (Å²) in [5.41, 5.74) is 2.91.